The lowest BCUT2D eigenvalue weighted by Gasteiger charge is -2.34. The number of carbonyl (C=O) groups is 3. The van der Waals surface area contributed by atoms with Crippen LogP contribution in [-0.2, 0) is 32.2 Å². The molecule has 1 aliphatic carbocycles. The Labute approximate surface area is 400 Å². The predicted octanol–water partition coefficient (Wildman–Crippen LogP) is 9.45. The summed E-state index contributed by atoms with van der Waals surface area (Å²) in [6.45, 7) is 6.68. The van der Waals surface area contributed by atoms with Crippen molar-refractivity contribution in [3.05, 3.63) is 143 Å². The fraction of sp³-hybridized carbons (Fsp3) is 0.418. The van der Waals surface area contributed by atoms with Crippen molar-refractivity contribution in [2.24, 2.45) is 17.8 Å². The highest BCUT2D eigenvalue weighted by Gasteiger charge is 2.35. The van der Waals surface area contributed by atoms with Gasteiger partial charge in [-0.15, -0.1) is 0 Å². The molecule has 13 nitrogen and oxygen atoms in total. The molecule has 5 aromatic rings. The van der Waals surface area contributed by atoms with Gasteiger partial charge in [0.2, 0.25) is 5.88 Å². The molecule has 3 aliphatic rings. The van der Waals surface area contributed by atoms with Gasteiger partial charge in [-0.25, -0.2) is 14.6 Å². The number of rotatable bonds is 19. The van der Waals surface area contributed by atoms with Gasteiger partial charge in [-0.1, -0.05) is 60.7 Å². The summed E-state index contributed by atoms with van der Waals surface area (Å²) >= 11 is 0. The SMILES string of the molecule is CCOC(=O)CC(c1ccnc(OCC2CCN(c3cc(OC)ccc3C(=O)OCc3ccccc3)CC2)c1)C1CC1.COc1ccc(C(=O)OCc2ccccc2)c(N2CCC(CO)CC2)c1. The molecule has 1 N–H and O–H groups in total. The molecule has 0 amide bonds. The molecule has 3 fully saturated rings. The van der Waals surface area contributed by atoms with Crippen molar-refractivity contribution in [2.75, 3.05) is 70.0 Å². The molecule has 4 aromatic carbocycles. The van der Waals surface area contributed by atoms with E-state index in [-0.39, 0.29) is 43.6 Å². The Bertz CT molecular complexity index is 2380. The summed E-state index contributed by atoms with van der Waals surface area (Å²) in [5.74, 6) is 2.55. The molecule has 1 unspecified atom stereocenters. The van der Waals surface area contributed by atoms with Gasteiger partial charge in [0.1, 0.15) is 24.7 Å². The Hall–Kier alpha value is -6.60. The smallest absolute Gasteiger partial charge is 0.340 e. The first-order valence-electron chi connectivity index (χ1n) is 23.9. The summed E-state index contributed by atoms with van der Waals surface area (Å²) in [7, 11) is 3.24. The van der Waals surface area contributed by atoms with Crippen LogP contribution >= 0.6 is 0 Å². The van der Waals surface area contributed by atoms with E-state index in [9.17, 15) is 19.5 Å². The fourth-order valence-corrected chi connectivity index (χ4v) is 8.84. The van der Waals surface area contributed by atoms with Crippen LogP contribution in [-0.4, -0.2) is 88.2 Å². The lowest BCUT2D eigenvalue weighted by molar-refractivity contribution is -0.143. The van der Waals surface area contributed by atoms with Crippen molar-refractivity contribution < 1.29 is 47.9 Å². The highest BCUT2D eigenvalue weighted by atomic mass is 16.5. The monoisotopic (exact) mass is 927 g/mol. The van der Waals surface area contributed by atoms with Crippen molar-refractivity contribution in [3.8, 4) is 17.4 Å². The predicted molar refractivity (Wildman–Crippen MR) is 261 cm³/mol. The molecule has 2 saturated heterocycles. The van der Waals surface area contributed by atoms with E-state index in [4.69, 9.17) is 28.4 Å². The van der Waals surface area contributed by atoms with Crippen LogP contribution < -0.4 is 24.0 Å². The van der Waals surface area contributed by atoms with Crippen LogP contribution in [0.25, 0.3) is 0 Å². The number of hydrogen-bond acceptors (Lipinski definition) is 13. The van der Waals surface area contributed by atoms with Crippen LogP contribution in [0.5, 0.6) is 17.4 Å². The van der Waals surface area contributed by atoms with E-state index in [0.717, 1.165) is 92.8 Å². The van der Waals surface area contributed by atoms with Crippen molar-refractivity contribution in [2.45, 2.75) is 71.0 Å². The second kappa shape index (κ2) is 25.0. The van der Waals surface area contributed by atoms with Crippen molar-refractivity contribution in [1.29, 1.82) is 0 Å². The van der Waals surface area contributed by atoms with E-state index in [0.29, 0.717) is 65.9 Å². The van der Waals surface area contributed by atoms with E-state index in [1.165, 1.54) is 0 Å². The summed E-state index contributed by atoms with van der Waals surface area (Å²) < 4.78 is 33.3. The zero-order valence-corrected chi connectivity index (χ0v) is 39.6. The maximum absolute atomic E-state index is 13.1. The standard InChI is InChI=1S/C34H40N2O6.C21H25NO4/c1-3-40-33(37)21-30(26-9-10-26)27-13-16-35-32(19-27)41-22-25-14-17-36(18-15-25)31-20-28(39-2)11-12-29(31)34(38)42-23-24-7-5-4-6-8-24;1-25-18-7-8-19(21(24)26-15-17-5-3-2-4-6-17)20(13-18)22-11-9-16(14-23)10-12-22/h4-8,11-13,16,19-20,25-26,30H,3,9-10,14-15,17-18,21-23H2,1-2H3;2-8,13,16,23H,9-12,14-15H2,1H3. The molecule has 0 radical (unpaired) electrons. The molecule has 0 spiro atoms. The third-order valence-electron chi connectivity index (χ3n) is 13.0. The third-order valence-corrected chi connectivity index (χ3v) is 13.0. The number of methoxy groups -OCH3 is 2. The summed E-state index contributed by atoms with van der Waals surface area (Å²) in [4.78, 5) is 46.8. The van der Waals surface area contributed by atoms with Gasteiger partial charge >= 0.3 is 17.9 Å². The number of anilines is 2. The van der Waals surface area contributed by atoms with Gasteiger partial charge in [-0.2, -0.15) is 0 Å². The molecule has 3 heterocycles. The van der Waals surface area contributed by atoms with E-state index in [1.54, 1.807) is 44.7 Å². The number of benzene rings is 4. The lowest BCUT2D eigenvalue weighted by Crippen LogP contribution is -2.36. The Kier molecular flexibility index (Phi) is 18.1. The van der Waals surface area contributed by atoms with Gasteiger partial charge in [0.25, 0.3) is 0 Å². The Morgan fingerprint density at radius 2 is 1.16 bits per heavy atom. The maximum Gasteiger partial charge on any atom is 0.340 e. The topological polar surface area (TPSA) is 146 Å². The maximum atomic E-state index is 13.1. The number of piperidine rings is 2. The summed E-state index contributed by atoms with van der Waals surface area (Å²) in [6, 6.07) is 34.2. The first-order valence-corrected chi connectivity index (χ1v) is 23.9. The molecule has 1 saturated carbocycles. The molecule has 2 aliphatic heterocycles. The summed E-state index contributed by atoms with van der Waals surface area (Å²) in [5.41, 5.74) is 5.74. The first-order chi connectivity index (χ1) is 33.2. The minimum Gasteiger partial charge on any atom is -0.497 e. The Balaban J connectivity index is 0.000000225. The number of pyridine rings is 1. The number of carbonyl (C=O) groups excluding carboxylic acids is 3. The van der Waals surface area contributed by atoms with E-state index >= 15 is 0 Å². The number of nitrogens with zero attached hydrogens (tertiary/aromatic N) is 3. The van der Waals surface area contributed by atoms with E-state index in [1.807, 2.05) is 91.9 Å². The van der Waals surface area contributed by atoms with Crippen molar-refractivity contribution in [3.63, 3.8) is 0 Å². The van der Waals surface area contributed by atoms with Gasteiger partial charge in [0.05, 0.1) is 56.4 Å². The highest BCUT2D eigenvalue weighted by molar-refractivity contribution is 5.97. The second-order valence-electron chi connectivity index (χ2n) is 17.6. The van der Waals surface area contributed by atoms with Gasteiger partial charge in [-0.3, -0.25) is 4.79 Å². The molecule has 68 heavy (non-hydrogen) atoms. The average molecular weight is 928 g/mol. The van der Waals surface area contributed by atoms with Gasteiger partial charge < -0.3 is 43.3 Å². The van der Waals surface area contributed by atoms with Crippen LogP contribution in [0.4, 0.5) is 11.4 Å². The number of esters is 3. The molecular weight excluding hydrogens is 863 g/mol. The van der Waals surface area contributed by atoms with Crippen molar-refractivity contribution in [1.82, 2.24) is 4.98 Å². The fourth-order valence-electron chi connectivity index (χ4n) is 8.84. The number of aliphatic hydroxyl groups excluding tert-OH is 1. The molecule has 1 atom stereocenters. The molecule has 0 bridgehead atoms. The summed E-state index contributed by atoms with van der Waals surface area (Å²) in [5, 5.41) is 9.34. The molecule has 360 valence electrons. The quantitative estimate of drug-likeness (QED) is 0.0620. The molecule has 8 rings (SSSR count). The number of hydrogen-bond donors (Lipinski definition) is 1. The largest absolute Gasteiger partial charge is 0.497 e. The number of aliphatic hydroxyl groups is 1. The molecule has 13 heteroatoms. The number of ether oxygens (including phenoxy) is 6. The van der Waals surface area contributed by atoms with Gasteiger partial charge in [0.15, 0.2) is 0 Å². The van der Waals surface area contributed by atoms with Crippen LogP contribution in [0.1, 0.15) is 95.2 Å². The van der Waals surface area contributed by atoms with Crippen LogP contribution in [0, 0.1) is 17.8 Å². The lowest BCUT2D eigenvalue weighted by atomic mass is 9.92. The second-order valence-corrected chi connectivity index (χ2v) is 17.6. The zero-order chi connectivity index (χ0) is 47.7. The summed E-state index contributed by atoms with van der Waals surface area (Å²) in [6.07, 6.45) is 8.10. The van der Waals surface area contributed by atoms with E-state index < -0.39 is 0 Å². The third kappa shape index (κ3) is 14.0. The minimum absolute atomic E-state index is 0.147. The van der Waals surface area contributed by atoms with Crippen LogP contribution in [0.3, 0.4) is 0 Å². The van der Waals surface area contributed by atoms with E-state index in [2.05, 4.69) is 14.8 Å². The Morgan fingerprint density at radius 1 is 0.647 bits per heavy atom. The average Bonchev–Trinajstić information content (AvgIpc) is 4.25. The Morgan fingerprint density at radius 3 is 1.63 bits per heavy atom. The minimum atomic E-state index is -0.347. The number of aromatic nitrogens is 1. The zero-order valence-electron chi connectivity index (χ0n) is 39.6. The van der Waals surface area contributed by atoms with Gasteiger partial charge in [0, 0.05) is 57.2 Å². The van der Waals surface area contributed by atoms with Crippen LogP contribution in [0.2, 0.25) is 0 Å². The first kappa shape index (κ1) is 49.3. The van der Waals surface area contributed by atoms with Crippen LogP contribution in [0.15, 0.2) is 115 Å². The van der Waals surface area contributed by atoms with Crippen molar-refractivity contribution >= 4 is 29.3 Å². The normalized spacial score (nSPS) is 15.6. The molecule has 1 aromatic heterocycles. The van der Waals surface area contributed by atoms with Gasteiger partial charge in [-0.05, 0) is 116 Å². The highest BCUT2D eigenvalue weighted by Crippen LogP contribution is 2.45. The molecular formula is C55H65N3O10.